The van der Waals surface area contributed by atoms with Crippen LogP contribution in [0.5, 0.6) is 0 Å². The Balaban J connectivity index is 2.47. The van der Waals surface area contributed by atoms with Gasteiger partial charge in [-0.3, -0.25) is 5.41 Å². The Kier molecular flexibility index (Phi) is 2.83. The van der Waals surface area contributed by atoms with Gasteiger partial charge in [0, 0.05) is 23.1 Å². The summed E-state index contributed by atoms with van der Waals surface area (Å²) in [6.07, 6.45) is 2.02. The highest BCUT2D eigenvalue weighted by Gasteiger charge is 2.21. The molecule has 1 saturated heterocycles. The molecule has 0 aromatic heterocycles. The van der Waals surface area contributed by atoms with Gasteiger partial charge in [-0.15, -0.1) is 0 Å². The van der Waals surface area contributed by atoms with Crippen molar-refractivity contribution in [3.05, 3.63) is 27.7 Å². The van der Waals surface area contributed by atoms with Crippen LogP contribution in [-0.4, -0.2) is 12.4 Å². The maximum Gasteiger partial charge on any atom is 0.100 e. The molecule has 1 aliphatic heterocycles. The van der Waals surface area contributed by atoms with E-state index >= 15 is 0 Å². The molecule has 0 saturated carbocycles. The molecule has 0 aliphatic carbocycles. The van der Waals surface area contributed by atoms with E-state index in [1.165, 1.54) is 16.8 Å². The number of nitrogens with one attached hydrogen (secondary N) is 1. The summed E-state index contributed by atoms with van der Waals surface area (Å²) in [7, 11) is 0. The highest BCUT2D eigenvalue weighted by atomic mass is 79.9. The van der Waals surface area contributed by atoms with Crippen LogP contribution in [0.3, 0.4) is 0 Å². The number of anilines is 1. The van der Waals surface area contributed by atoms with Crippen LogP contribution < -0.4 is 4.90 Å². The molecule has 1 aliphatic rings. The van der Waals surface area contributed by atoms with Crippen LogP contribution in [0.2, 0.25) is 0 Å². The van der Waals surface area contributed by atoms with E-state index in [4.69, 9.17) is 5.41 Å². The number of halogens is 1. The minimum absolute atomic E-state index is 0.753. The fourth-order valence-corrected chi connectivity index (χ4v) is 2.94. The number of nitrogens with zero attached hydrogens (tertiary/aromatic N) is 1. The number of amidine groups is 1. The van der Waals surface area contributed by atoms with Crippen molar-refractivity contribution in [3.8, 4) is 0 Å². The van der Waals surface area contributed by atoms with E-state index in [-0.39, 0.29) is 0 Å². The van der Waals surface area contributed by atoms with Crippen molar-refractivity contribution < 1.29 is 0 Å². The quantitative estimate of drug-likeness (QED) is 0.826. The zero-order valence-electron chi connectivity index (χ0n) is 9.10. The number of benzene rings is 1. The summed E-state index contributed by atoms with van der Waals surface area (Å²) < 4.78 is 1.12. The fourth-order valence-electron chi connectivity index (χ4n) is 2.25. The predicted molar refractivity (Wildman–Crippen MR) is 67.9 cm³/mol. The van der Waals surface area contributed by atoms with Gasteiger partial charge < -0.3 is 4.90 Å². The van der Waals surface area contributed by atoms with Crippen LogP contribution in [0.15, 0.2) is 16.6 Å². The van der Waals surface area contributed by atoms with Crippen molar-refractivity contribution in [3.63, 3.8) is 0 Å². The molecule has 0 unspecified atom stereocenters. The Morgan fingerprint density at radius 1 is 1.27 bits per heavy atom. The normalized spacial score (nSPS) is 16.2. The average molecular weight is 267 g/mol. The van der Waals surface area contributed by atoms with Crippen molar-refractivity contribution in [2.45, 2.75) is 26.7 Å². The first-order valence-electron chi connectivity index (χ1n) is 5.21. The topological polar surface area (TPSA) is 27.1 Å². The number of rotatable bonds is 1. The van der Waals surface area contributed by atoms with Crippen LogP contribution in [0.4, 0.5) is 5.69 Å². The highest BCUT2D eigenvalue weighted by molar-refractivity contribution is 9.10. The van der Waals surface area contributed by atoms with E-state index in [1.54, 1.807) is 0 Å². The third kappa shape index (κ3) is 1.93. The summed E-state index contributed by atoms with van der Waals surface area (Å²) in [5.41, 5.74) is 3.71. The van der Waals surface area contributed by atoms with E-state index in [0.717, 1.165) is 29.7 Å². The fraction of sp³-hybridized carbons (Fsp3) is 0.417. The predicted octanol–water partition coefficient (Wildman–Crippen LogP) is 3.64. The van der Waals surface area contributed by atoms with Crippen molar-refractivity contribution in [1.82, 2.24) is 0 Å². The Labute approximate surface area is 98.9 Å². The van der Waals surface area contributed by atoms with E-state index in [2.05, 4.69) is 46.8 Å². The second-order valence-corrected chi connectivity index (χ2v) is 5.01. The molecule has 1 aromatic carbocycles. The van der Waals surface area contributed by atoms with Gasteiger partial charge in [0.05, 0.1) is 0 Å². The molecule has 2 nitrogen and oxygen atoms in total. The van der Waals surface area contributed by atoms with Crippen LogP contribution in [-0.2, 0) is 0 Å². The Bertz CT molecular complexity index is 389. The number of aryl methyl sites for hydroxylation is 2. The van der Waals surface area contributed by atoms with Crippen molar-refractivity contribution in [2.24, 2.45) is 0 Å². The molecular formula is C12H15BrN2. The molecule has 3 heteroatoms. The molecule has 0 atom stereocenters. The lowest BCUT2D eigenvalue weighted by atomic mass is 10.1. The second-order valence-electron chi connectivity index (χ2n) is 4.09. The smallest absolute Gasteiger partial charge is 0.100 e. The summed E-state index contributed by atoms with van der Waals surface area (Å²) in [5, 5.41) is 7.90. The van der Waals surface area contributed by atoms with Gasteiger partial charge in [0.2, 0.25) is 0 Å². The van der Waals surface area contributed by atoms with Crippen LogP contribution in [0, 0.1) is 19.3 Å². The average Bonchev–Trinajstić information content (AvgIpc) is 2.50. The maximum atomic E-state index is 7.90. The number of hydrogen-bond acceptors (Lipinski definition) is 1. The molecule has 1 N–H and O–H groups in total. The van der Waals surface area contributed by atoms with Gasteiger partial charge in [-0.05, 0) is 43.5 Å². The van der Waals surface area contributed by atoms with Gasteiger partial charge in [-0.25, -0.2) is 0 Å². The van der Waals surface area contributed by atoms with Gasteiger partial charge >= 0.3 is 0 Å². The summed E-state index contributed by atoms with van der Waals surface area (Å²) in [6, 6.07) is 4.24. The molecule has 0 bridgehead atoms. The summed E-state index contributed by atoms with van der Waals surface area (Å²) in [5.74, 6) is 0.753. The summed E-state index contributed by atoms with van der Waals surface area (Å²) in [4.78, 5) is 2.14. The second kappa shape index (κ2) is 3.97. The first-order valence-corrected chi connectivity index (χ1v) is 6.00. The summed E-state index contributed by atoms with van der Waals surface area (Å²) >= 11 is 3.50. The Hall–Kier alpha value is -0.830. The summed E-state index contributed by atoms with van der Waals surface area (Å²) in [6.45, 7) is 5.21. The van der Waals surface area contributed by atoms with Crippen molar-refractivity contribution in [1.29, 1.82) is 5.41 Å². The monoisotopic (exact) mass is 266 g/mol. The van der Waals surface area contributed by atoms with Gasteiger partial charge in [-0.2, -0.15) is 0 Å². The minimum Gasteiger partial charge on any atom is -0.330 e. The standard InChI is InChI=1S/C12H15BrN2/c1-8-6-10(13)7-9(2)12(8)15-5-3-4-11(15)14/h6-7,14H,3-5H2,1-2H3. The molecule has 0 spiro atoms. The van der Waals surface area contributed by atoms with E-state index in [9.17, 15) is 0 Å². The first-order chi connectivity index (χ1) is 7.09. The van der Waals surface area contributed by atoms with Crippen molar-refractivity contribution in [2.75, 3.05) is 11.4 Å². The molecule has 0 amide bonds. The molecule has 2 rings (SSSR count). The van der Waals surface area contributed by atoms with Crippen LogP contribution in [0.25, 0.3) is 0 Å². The number of hydrogen-bond donors (Lipinski definition) is 1. The molecule has 1 fully saturated rings. The SMILES string of the molecule is Cc1cc(Br)cc(C)c1N1CCCC1=N. The van der Waals surface area contributed by atoms with Crippen LogP contribution in [0.1, 0.15) is 24.0 Å². The van der Waals surface area contributed by atoms with Gasteiger partial charge in [0.25, 0.3) is 0 Å². The largest absolute Gasteiger partial charge is 0.330 e. The van der Waals surface area contributed by atoms with Gasteiger partial charge in [0.1, 0.15) is 5.84 Å². The lowest BCUT2D eigenvalue weighted by Crippen LogP contribution is -2.24. The lowest BCUT2D eigenvalue weighted by molar-refractivity contribution is 0.951. The van der Waals surface area contributed by atoms with Gasteiger partial charge in [-0.1, -0.05) is 15.9 Å². The highest BCUT2D eigenvalue weighted by Crippen LogP contribution is 2.31. The van der Waals surface area contributed by atoms with Gasteiger partial charge in [0.15, 0.2) is 0 Å². The van der Waals surface area contributed by atoms with E-state index < -0.39 is 0 Å². The van der Waals surface area contributed by atoms with Crippen LogP contribution >= 0.6 is 15.9 Å². The zero-order valence-corrected chi connectivity index (χ0v) is 10.7. The molecule has 1 heterocycles. The molecule has 1 aromatic rings. The Morgan fingerprint density at radius 2 is 1.87 bits per heavy atom. The van der Waals surface area contributed by atoms with Crippen molar-refractivity contribution >= 4 is 27.5 Å². The first kappa shape index (κ1) is 10.7. The zero-order chi connectivity index (χ0) is 11.0. The third-order valence-electron chi connectivity index (χ3n) is 2.85. The third-order valence-corrected chi connectivity index (χ3v) is 3.30. The minimum atomic E-state index is 0.753. The lowest BCUT2D eigenvalue weighted by Gasteiger charge is -2.23. The van der Waals surface area contributed by atoms with E-state index in [0.29, 0.717) is 0 Å². The molecule has 15 heavy (non-hydrogen) atoms. The molecule has 0 radical (unpaired) electrons. The molecular weight excluding hydrogens is 252 g/mol. The Morgan fingerprint density at radius 3 is 2.33 bits per heavy atom. The van der Waals surface area contributed by atoms with E-state index in [1.807, 2.05) is 0 Å². The molecule has 80 valence electrons. The maximum absolute atomic E-state index is 7.90.